The van der Waals surface area contributed by atoms with E-state index in [0.717, 1.165) is 24.2 Å². The van der Waals surface area contributed by atoms with Crippen molar-refractivity contribution in [2.24, 2.45) is 0 Å². The quantitative estimate of drug-likeness (QED) is 0.688. The van der Waals surface area contributed by atoms with Crippen LogP contribution in [0.3, 0.4) is 0 Å². The molecule has 22 heavy (non-hydrogen) atoms. The first-order valence-electron chi connectivity index (χ1n) is 7.73. The lowest BCUT2D eigenvalue weighted by molar-refractivity contribution is -0.133. The van der Waals surface area contributed by atoms with E-state index in [1.54, 1.807) is 45.2 Å². The molecule has 0 saturated heterocycles. The fourth-order valence-electron chi connectivity index (χ4n) is 1.99. The van der Waals surface area contributed by atoms with Crippen molar-refractivity contribution in [2.75, 3.05) is 13.7 Å². The van der Waals surface area contributed by atoms with Gasteiger partial charge in [0.2, 0.25) is 5.91 Å². The third kappa shape index (κ3) is 5.66. The Balaban J connectivity index is 2.51. The summed E-state index contributed by atoms with van der Waals surface area (Å²) >= 11 is 0. The summed E-state index contributed by atoms with van der Waals surface area (Å²) in [6.45, 7) is 6.13. The first-order chi connectivity index (χ1) is 10.5. The summed E-state index contributed by atoms with van der Waals surface area (Å²) in [6, 6.07) is 6.73. The maximum Gasteiger partial charge on any atom is 0.249 e. The fraction of sp³-hybridized carbons (Fsp3) is 0.588. The molecule has 5 heteroatoms. The number of ether oxygens (including phenoxy) is 2. The van der Waals surface area contributed by atoms with Gasteiger partial charge in [0.05, 0.1) is 19.3 Å². The van der Waals surface area contributed by atoms with Crippen LogP contribution in [0.5, 0.6) is 5.75 Å². The van der Waals surface area contributed by atoms with Gasteiger partial charge in [-0.1, -0.05) is 25.5 Å². The van der Waals surface area contributed by atoms with Gasteiger partial charge in [-0.3, -0.25) is 4.79 Å². The fourth-order valence-corrected chi connectivity index (χ4v) is 1.99. The summed E-state index contributed by atoms with van der Waals surface area (Å²) in [5.41, 5.74) is 0.730. The number of unbranched alkanes of at least 4 members (excludes halogenated alkanes) is 1. The number of methoxy groups -OCH3 is 1. The highest BCUT2D eigenvalue weighted by atomic mass is 16.5. The van der Waals surface area contributed by atoms with Crippen LogP contribution in [0.1, 0.15) is 45.3 Å². The lowest BCUT2D eigenvalue weighted by Gasteiger charge is -2.23. The molecule has 0 saturated carbocycles. The van der Waals surface area contributed by atoms with Crippen LogP contribution < -0.4 is 10.1 Å². The maximum atomic E-state index is 12.0. The van der Waals surface area contributed by atoms with Crippen molar-refractivity contribution in [1.29, 1.82) is 0 Å². The highest BCUT2D eigenvalue weighted by Crippen LogP contribution is 2.20. The molecular formula is C17H27NO4. The van der Waals surface area contributed by atoms with Gasteiger partial charge in [-0.25, -0.2) is 0 Å². The molecule has 0 aliphatic heterocycles. The predicted octanol–water partition coefficient (Wildman–Crippen LogP) is 2.44. The van der Waals surface area contributed by atoms with Gasteiger partial charge in [0.25, 0.3) is 0 Å². The van der Waals surface area contributed by atoms with Crippen LogP contribution in [0, 0.1) is 0 Å². The molecule has 0 aliphatic carbocycles. The number of benzene rings is 1. The largest absolute Gasteiger partial charge is 0.497 e. The van der Waals surface area contributed by atoms with Crippen molar-refractivity contribution in [1.82, 2.24) is 5.32 Å². The second-order valence-electron chi connectivity index (χ2n) is 5.38. The first-order valence-corrected chi connectivity index (χ1v) is 7.73. The Hall–Kier alpha value is -1.59. The van der Waals surface area contributed by atoms with Crippen LogP contribution >= 0.6 is 0 Å². The van der Waals surface area contributed by atoms with Crippen LogP contribution in [0.25, 0.3) is 0 Å². The van der Waals surface area contributed by atoms with Crippen LogP contribution in [0.15, 0.2) is 24.3 Å². The normalized spacial score (nSPS) is 15.0. The summed E-state index contributed by atoms with van der Waals surface area (Å²) in [6.07, 6.45) is 0.664. The van der Waals surface area contributed by atoms with Crippen molar-refractivity contribution in [3.05, 3.63) is 29.8 Å². The van der Waals surface area contributed by atoms with Crippen molar-refractivity contribution in [3.63, 3.8) is 0 Å². The monoisotopic (exact) mass is 309 g/mol. The Labute approximate surface area is 132 Å². The molecule has 1 aromatic carbocycles. The number of nitrogens with one attached hydrogen (secondary N) is 1. The Bertz CT molecular complexity index is 446. The Kier molecular flexibility index (Phi) is 7.91. The van der Waals surface area contributed by atoms with Gasteiger partial charge in [-0.2, -0.15) is 0 Å². The molecule has 0 aliphatic rings. The van der Waals surface area contributed by atoms with E-state index in [-0.39, 0.29) is 5.91 Å². The highest BCUT2D eigenvalue weighted by molar-refractivity contribution is 5.80. The number of aliphatic hydroxyl groups is 1. The summed E-state index contributed by atoms with van der Waals surface area (Å²) in [5.74, 6) is 0.516. The molecule has 2 N–H and O–H groups in total. The summed E-state index contributed by atoms with van der Waals surface area (Å²) in [4.78, 5) is 12.0. The van der Waals surface area contributed by atoms with Crippen LogP contribution in [-0.2, 0) is 9.53 Å². The third-order valence-electron chi connectivity index (χ3n) is 3.54. The molecule has 0 aromatic heterocycles. The van der Waals surface area contributed by atoms with E-state index in [9.17, 15) is 9.90 Å². The topological polar surface area (TPSA) is 67.8 Å². The lowest BCUT2D eigenvalue weighted by atomic mass is 10.0. The van der Waals surface area contributed by atoms with Crippen LogP contribution in [-0.4, -0.2) is 36.9 Å². The minimum atomic E-state index is -0.780. The number of carbonyl (C=O) groups is 1. The van der Waals surface area contributed by atoms with Gasteiger partial charge in [0, 0.05) is 6.61 Å². The van der Waals surface area contributed by atoms with E-state index in [4.69, 9.17) is 9.47 Å². The highest BCUT2D eigenvalue weighted by Gasteiger charge is 2.21. The molecule has 3 atom stereocenters. The van der Waals surface area contributed by atoms with E-state index in [2.05, 4.69) is 12.2 Å². The van der Waals surface area contributed by atoms with Crippen molar-refractivity contribution < 1.29 is 19.4 Å². The number of hydrogen-bond donors (Lipinski definition) is 2. The molecule has 0 unspecified atom stereocenters. The minimum Gasteiger partial charge on any atom is -0.497 e. The summed E-state index contributed by atoms with van der Waals surface area (Å²) in [5, 5.41) is 13.1. The second-order valence-corrected chi connectivity index (χ2v) is 5.38. The zero-order valence-corrected chi connectivity index (χ0v) is 13.8. The first kappa shape index (κ1) is 18.5. The molecule has 124 valence electrons. The smallest absolute Gasteiger partial charge is 0.249 e. The Morgan fingerprint density at radius 2 is 1.91 bits per heavy atom. The van der Waals surface area contributed by atoms with Crippen LogP contribution in [0.2, 0.25) is 0 Å². The van der Waals surface area contributed by atoms with E-state index in [1.807, 2.05) is 0 Å². The van der Waals surface area contributed by atoms with Gasteiger partial charge in [-0.05, 0) is 38.0 Å². The maximum absolute atomic E-state index is 12.0. The van der Waals surface area contributed by atoms with Crippen molar-refractivity contribution in [2.45, 2.75) is 51.9 Å². The Morgan fingerprint density at radius 3 is 2.45 bits per heavy atom. The molecule has 5 nitrogen and oxygen atoms in total. The predicted molar refractivity (Wildman–Crippen MR) is 85.9 cm³/mol. The van der Waals surface area contributed by atoms with Gasteiger partial charge in [0.15, 0.2) is 0 Å². The minimum absolute atomic E-state index is 0.212. The van der Waals surface area contributed by atoms with Crippen molar-refractivity contribution in [3.8, 4) is 5.75 Å². The molecule has 1 aromatic rings. The number of amides is 1. The summed E-state index contributed by atoms with van der Waals surface area (Å²) < 4.78 is 10.5. The standard InChI is InChI=1S/C17H27NO4/c1-5-6-11-22-13(3)17(20)18-12(2)16(19)14-7-9-15(21-4)10-8-14/h7-10,12-13,16,19H,5-6,11H2,1-4H3,(H,18,20)/t12-,13+,16-/m0/s1. The molecule has 1 rings (SSSR count). The van der Waals surface area contributed by atoms with Gasteiger partial charge in [-0.15, -0.1) is 0 Å². The van der Waals surface area contributed by atoms with E-state index >= 15 is 0 Å². The molecule has 0 bridgehead atoms. The van der Waals surface area contributed by atoms with Crippen molar-refractivity contribution >= 4 is 5.91 Å². The number of aliphatic hydroxyl groups excluding tert-OH is 1. The molecule has 0 spiro atoms. The molecular weight excluding hydrogens is 282 g/mol. The number of hydrogen-bond acceptors (Lipinski definition) is 4. The Morgan fingerprint density at radius 1 is 1.27 bits per heavy atom. The zero-order valence-electron chi connectivity index (χ0n) is 13.8. The third-order valence-corrected chi connectivity index (χ3v) is 3.54. The molecule has 0 heterocycles. The SMILES string of the molecule is CCCCO[C@H](C)C(=O)N[C@@H](C)[C@H](O)c1ccc(OC)cc1. The zero-order chi connectivity index (χ0) is 16.5. The average Bonchev–Trinajstić information content (AvgIpc) is 2.54. The van der Waals surface area contributed by atoms with Gasteiger partial charge in [0.1, 0.15) is 11.9 Å². The lowest BCUT2D eigenvalue weighted by Crippen LogP contribution is -2.42. The van der Waals surface area contributed by atoms with Crippen LogP contribution in [0.4, 0.5) is 0 Å². The average molecular weight is 309 g/mol. The van der Waals surface area contributed by atoms with E-state index in [1.165, 1.54) is 0 Å². The molecule has 1 amide bonds. The second kappa shape index (κ2) is 9.43. The van der Waals surface area contributed by atoms with E-state index < -0.39 is 18.2 Å². The number of rotatable bonds is 9. The van der Waals surface area contributed by atoms with Gasteiger partial charge < -0.3 is 19.9 Å². The summed E-state index contributed by atoms with van der Waals surface area (Å²) in [7, 11) is 1.59. The van der Waals surface area contributed by atoms with Gasteiger partial charge >= 0.3 is 0 Å². The molecule has 0 radical (unpaired) electrons. The van der Waals surface area contributed by atoms with E-state index in [0.29, 0.717) is 6.61 Å². The molecule has 0 fully saturated rings. The number of carbonyl (C=O) groups excluding carboxylic acids is 1.